The molecule has 0 saturated heterocycles. The number of furan rings is 1. The zero-order chi connectivity index (χ0) is 23.4. The predicted octanol–water partition coefficient (Wildman–Crippen LogP) is 2.79. The Kier molecular flexibility index (Phi) is 4.69. The van der Waals surface area contributed by atoms with Crippen LogP contribution in [0.25, 0.3) is 28.4 Å². The number of halogens is 2. The largest absolute Gasteiger partial charge is 0.489 e. The normalized spacial score (nSPS) is 14.8. The van der Waals surface area contributed by atoms with Crippen molar-refractivity contribution in [3.63, 3.8) is 0 Å². The first-order chi connectivity index (χ1) is 16.5. The fourth-order valence-corrected chi connectivity index (χ4v) is 3.96. The summed E-state index contributed by atoms with van der Waals surface area (Å²) in [5.41, 5.74) is 7.16. The van der Waals surface area contributed by atoms with Crippen LogP contribution >= 0.6 is 0 Å². The van der Waals surface area contributed by atoms with E-state index in [-0.39, 0.29) is 30.9 Å². The standard InChI is InChI=1S/C22H19F2N7O3/c23-12-5-6-14(13(24)10-12)34-9-7-30-20-17(26-22(30)32)21-27-18(15-2-1-8-33-15)29-31(21)19(28-20)16(25)11-3-4-11/h1-2,5-6,8,10-11,16H,3-4,7,9,25H2,(H,26,32). The van der Waals surface area contributed by atoms with Gasteiger partial charge in [0.25, 0.3) is 0 Å². The van der Waals surface area contributed by atoms with E-state index in [1.54, 1.807) is 16.6 Å². The number of nitrogens with zero attached hydrogens (tertiary/aromatic N) is 5. The van der Waals surface area contributed by atoms with Gasteiger partial charge < -0.3 is 19.9 Å². The highest BCUT2D eigenvalue weighted by Gasteiger charge is 2.34. The summed E-state index contributed by atoms with van der Waals surface area (Å²) in [7, 11) is 0. The van der Waals surface area contributed by atoms with E-state index in [2.05, 4.69) is 15.1 Å². The number of H-pyrrole nitrogens is 1. The summed E-state index contributed by atoms with van der Waals surface area (Å²) >= 11 is 0. The number of aromatic amines is 1. The minimum Gasteiger partial charge on any atom is -0.489 e. The molecule has 12 heteroatoms. The number of rotatable bonds is 7. The highest BCUT2D eigenvalue weighted by Crippen LogP contribution is 2.39. The molecule has 4 aromatic heterocycles. The third-order valence-electron chi connectivity index (χ3n) is 5.86. The van der Waals surface area contributed by atoms with Gasteiger partial charge in [-0.1, -0.05) is 0 Å². The molecule has 4 heterocycles. The lowest BCUT2D eigenvalue weighted by atomic mass is 10.2. The van der Waals surface area contributed by atoms with Crippen molar-refractivity contribution in [1.82, 2.24) is 29.1 Å². The Morgan fingerprint density at radius 3 is 2.82 bits per heavy atom. The Morgan fingerprint density at radius 2 is 2.09 bits per heavy atom. The van der Waals surface area contributed by atoms with Gasteiger partial charge in [-0.05, 0) is 43.0 Å². The predicted molar refractivity (Wildman–Crippen MR) is 116 cm³/mol. The molecule has 34 heavy (non-hydrogen) atoms. The molecule has 0 amide bonds. The molecular formula is C22H19F2N7O3. The summed E-state index contributed by atoms with van der Waals surface area (Å²) in [6.07, 6.45) is 3.49. The van der Waals surface area contributed by atoms with E-state index < -0.39 is 17.3 Å². The fraction of sp³-hybridized carbons (Fsp3) is 0.273. The number of aromatic nitrogens is 6. The summed E-state index contributed by atoms with van der Waals surface area (Å²) in [6, 6.07) is 6.11. The van der Waals surface area contributed by atoms with E-state index in [4.69, 9.17) is 19.9 Å². The van der Waals surface area contributed by atoms with Gasteiger partial charge in [0.2, 0.25) is 5.82 Å². The van der Waals surface area contributed by atoms with Gasteiger partial charge in [-0.2, -0.15) is 4.52 Å². The van der Waals surface area contributed by atoms with Crippen LogP contribution in [0.15, 0.2) is 45.8 Å². The number of nitrogens with two attached hydrogens (primary N) is 1. The van der Waals surface area contributed by atoms with E-state index >= 15 is 0 Å². The minimum atomic E-state index is -0.822. The lowest BCUT2D eigenvalue weighted by Gasteiger charge is -2.12. The van der Waals surface area contributed by atoms with Crippen molar-refractivity contribution in [2.75, 3.05) is 6.61 Å². The molecule has 6 rings (SSSR count). The fourth-order valence-electron chi connectivity index (χ4n) is 3.96. The van der Waals surface area contributed by atoms with Crippen molar-refractivity contribution in [2.45, 2.75) is 25.4 Å². The number of ether oxygens (including phenoxy) is 1. The van der Waals surface area contributed by atoms with Gasteiger partial charge in [-0.15, -0.1) is 5.10 Å². The number of nitrogens with one attached hydrogen (secondary N) is 1. The summed E-state index contributed by atoms with van der Waals surface area (Å²) in [5.74, 6) is -0.0690. The molecule has 0 spiro atoms. The molecule has 1 aliphatic rings. The maximum absolute atomic E-state index is 13.9. The van der Waals surface area contributed by atoms with Crippen LogP contribution in [0, 0.1) is 17.6 Å². The Morgan fingerprint density at radius 1 is 1.24 bits per heavy atom. The first kappa shape index (κ1) is 20.5. The second-order valence-corrected chi connectivity index (χ2v) is 8.18. The van der Waals surface area contributed by atoms with Crippen LogP contribution < -0.4 is 16.2 Å². The van der Waals surface area contributed by atoms with Gasteiger partial charge in [0.05, 0.1) is 18.8 Å². The number of imidazole rings is 1. The molecule has 1 fully saturated rings. The average molecular weight is 467 g/mol. The first-order valence-electron chi connectivity index (χ1n) is 10.8. The lowest BCUT2D eigenvalue weighted by molar-refractivity contribution is 0.283. The molecule has 5 aromatic rings. The maximum Gasteiger partial charge on any atom is 0.327 e. The smallest absolute Gasteiger partial charge is 0.327 e. The van der Waals surface area contributed by atoms with Crippen LogP contribution in [0.4, 0.5) is 8.78 Å². The monoisotopic (exact) mass is 467 g/mol. The van der Waals surface area contributed by atoms with E-state index in [0.717, 1.165) is 25.0 Å². The highest BCUT2D eigenvalue weighted by molar-refractivity contribution is 5.86. The zero-order valence-electron chi connectivity index (χ0n) is 17.7. The van der Waals surface area contributed by atoms with Gasteiger partial charge in [0.1, 0.15) is 17.9 Å². The number of hydrogen-bond acceptors (Lipinski definition) is 7. The molecule has 174 valence electrons. The third kappa shape index (κ3) is 3.43. The summed E-state index contributed by atoms with van der Waals surface area (Å²) < 4.78 is 40.8. The van der Waals surface area contributed by atoms with E-state index in [1.807, 2.05) is 0 Å². The van der Waals surface area contributed by atoms with Crippen LogP contribution in [0.5, 0.6) is 5.75 Å². The SMILES string of the molecule is NC(c1nc2c([nH]c(=O)n2CCOc2ccc(F)cc2F)c2nc(-c3ccco3)nn12)C1CC1. The van der Waals surface area contributed by atoms with Gasteiger partial charge in [0.15, 0.2) is 34.4 Å². The lowest BCUT2D eigenvalue weighted by Crippen LogP contribution is -2.22. The van der Waals surface area contributed by atoms with Gasteiger partial charge >= 0.3 is 5.69 Å². The molecular weight excluding hydrogens is 448 g/mol. The Bertz CT molecular complexity index is 1570. The summed E-state index contributed by atoms with van der Waals surface area (Å²) in [6.45, 7) is 0.0206. The van der Waals surface area contributed by atoms with E-state index in [1.165, 1.54) is 16.9 Å². The quantitative estimate of drug-likeness (QED) is 0.377. The van der Waals surface area contributed by atoms with Crippen molar-refractivity contribution in [3.8, 4) is 17.3 Å². The van der Waals surface area contributed by atoms with Gasteiger partial charge in [-0.3, -0.25) is 4.57 Å². The van der Waals surface area contributed by atoms with Crippen molar-refractivity contribution < 1.29 is 17.9 Å². The van der Waals surface area contributed by atoms with Gasteiger partial charge in [0, 0.05) is 6.07 Å². The van der Waals surface area contributed by atoms with E-state index in [0.29, 0.717) is 34.2 Å². The minimum absolute atomic E-state index is 0.0450. The number of benzene rings is 1. The number of fused-ring (bicyclic) bond motifs is 3. The van der Waals surface area contributed by atoms with Gasteiger partial charge in [-0.25, -0.2) is 23.5 Å². The van der Waals surface area contributed by atoms with Crippen LogP contribution in [0.2, 0.25) is 0 Å². The second kappa shape index (κ2) is 7.76. The molecule has 1 aliphatic carbocycles. The Balaban J connectivity index is 1.41. The van der Waals surface area contributed by atoms with Crippen LogP contribution in [-0.4, -0.2) is 35.7 Å². The first-order valence-corrected chi connectivity index (χ1v) is 10.8. The zero-order valence-corrected chi connectivity index (χ0v) is 17.7. The molecule has 0 radical (unpaired) electrons. The molecule has 3 N–H and O–H groups in total. The summed E-state index contributed by atoms with van der Waals surface area (Å²) in [4.78, 5) is 24.8. The molecule has 1 unspecified atom stereocenters. The second-order valence-electron chi connectivity index (χ2n) is 8.18. The van der Waals surface area contributed by atoms with Crippen LogP contribution in [-0.2, 0) is 6.54 Å². The van der Waals surface area contributed by atoms with Crippen LogP contribution in [0.3, 0.4) is 0 Å². The number of hydrogen-bond donors (Lipinski definition) is 2. The van der Waals surface area contributed by atoms with Crippen molar-refractivity contribution in [1.29, 1.82) is 0 Å². The molecule has 10 nitrogen and oxygen atoms in total. The molecule has 0 bridgehead atoms. The molecule has 1 aromatic carbocycles. The maximum atomic E-state index is 13.9. The molecule has 1 saturated carbocycles. The average Bonchev–Trinajstić information content (AvgIpc) is 3.20. The topological polar surface area (TPSA) is 129 Å². The highest BCUT2D eigenvalue weighted by atomic mass is 19.1. The Labute approximate surface area is 190 Å². The summed E-state index contributed by atoms with van der Waals surface area (Å²) in [5, 5.41) is 4.54. The third-order valence-corrected chi connectivity index (χ3v) is 5.86. The van der Waals surface area contributed by atoms with Crippen LogP contribution in [0.1, 0.15) is 24.7 Å². The van der Waals surface area contributed by atoms with Crippen molar-refractivity contribution >= 4 is 16.8 Å². The van der Waals surface area contributed by atoms with E-state index in [9.17, 15) is 13.6 Å². The molecule has 0 aliphatic heterocycles. The Hall–Kier alpha value is -4.06. The molecule has 1 atom stereocenters. The van der Waals surface area contributed by atoms with Crippen molar-refractivity contribution in [2.24, 2.45) is 11.7 Å². The van der Waals surface area contributed by atoms with Crippen molar-refractivity contribution in [3.05, 3.63) is 64.5 Å².